The molecular weight excluding hydrogens is 244 g/mol. The second-order valence-corrected chi connectivity index (χ2v) is 7.68. The molecule has 1 heterocycles. The molecule has 0 radical (unpaired) electrons. The second kappa shape index (κ2) is 4.45. The van der Waals surface area contributed by atoms with Crippen molar-refractivity contribution < 1.29 is 17.9 Å². The number of sulfone groups is 1. The average molecular weight is 264 g/mol. The molecule has 0 spiro atoms. The molecule has 1 fully saturated rings. The molecule has 0 aromatic heterocycles. The molecule has 1 saturated heterocycles. The van der Waals surface area contributed by atoms with E-state index in [2.05, 4.69) is 0 Å². The Balaban J connectivity index is 2.70. The maximum Gasteiger partial charge on any atom is 0.410 e. The van der Waals surface area contributed by atoms with E-state index >= 15 is 0 Å². The highest BCUT2D eigenvalue weighted by Gasteiger charge is 2.40. The molecule has 1 amide bonds. The summed E-state index contributed by atoms with van der Waals surface area (Å²) in [5.41, 5.74) is 5.14. The van der Waals surface area contributed by atoms with Crippen LogP contribution in [0.2, 0.25) is 0 Å². The van der Waals surface area contributed by atoms with Gasteiger partial charge in [0.05, 0.1) is 5.25 Å². The maximum atomic E-state index is 11.7. The molecule has 0 aliphatic carbocycles. The highest BCUT2D eigenvalue weighted by Crippen LogP contribution is 2.18. The summed E-state index contributed by atoms with van der Waals surface area (Å²) in [5, 5.41) is -0.699. The highest BCUT2D eigenvalue weighted by atomic mass is 32.2. The fourth-order valence-electron chi connectivity index (χ4n) is 1.73. The molecule has 2 unspecified atom stereocenters. The minimum absolute atomic E-state index is 0.106. The molecule has 1 aliphatic rings. The molecule has 0 saturated carbocycles. The van der Waals surface area contributed by atoms with Gasteiger partial charge in [-0.05, 0) is 20.8 Å². The summed E-state index contributed by atoms with van der Waals surface area (Å²) in [6.07, 6.45) is 0.620. The van der Waals surface area contributed by atoms with E-state index in [1.165, 1.54) is 4.90 Å². The van der Waals surface area contributed by atoms with E-state index in [1.54, 1.807) is 20.8 Å². The van der Waals surface area contributed by atoms with Crippen LogP contribution in [-0.2, 0) is 14.6 Å². The number of nitrogens with zero attached hydrogens (tertiary/aromatic N) is 1. The Morgan fingerprint density at radius 1 is 1.35 bits per heavy atom. The van der Waals surface area contributed by atoms with Crippen LogP contribution >= 0.6 is 0 Å². The number of carbonyl (C=O) groups is 1. The van der Waals surface area contributed by atoms with Crippen molar-refractivity contribution in [1.82, 2.24) is 4.90 Å². The molecule has 7 heteroatoms. The molecule has 0 aromatic carbocycles. The summed E-state index contributed by atoms with van der Waals surface area (Å²) < 4.78 is 28.0. The van der Waals surface area contributed by atoms with Gasteiger partial charge in [0.25, 0.3) is 0 Å². The Morgan fingerprint density at radius 3 is 2.24 bits per heavy atom. The molecule has 17 heavy (non-hydrogen) atoms. The normalized spacial score (nSPS) is 26.1. The van der Waals surface area contributed by atoms with Crippen LogP contribution in [0.5, 0.6) is 0 Å². The Bertz CT molecular complexity index is 399. The third kappa shape index (κ3) is 3.85. The van der Waals surface area contributed by atoms with Crippen molar-refractivity contribution in [2.24, 2.45) is 5.73 Å². The van der Waals surface area contributed by atoms with Gasteiger partial charge < -0.3 is 15.4 Å². The number of carbonyl (C=O) groups excluding carboxylic acids is 1. The number of hydrogen-bond donors (Lipinski definition) is 1. The van der Waals surface area contributed by atoms with E-state index in [9.17, 15) is 13.2 Å². The number of amides is 1. The number of rotatable bonds is 1. The van der Waals surface area contributed by atoms with E-state index in [0.29, 0.717) is 0 Å². The number of ether oxygens (including phenoxy) is 1. The van der Waals surface area contributed by atoms with Gasteiger partial charge in [-0.15, -0.1) is 0 Å². The summed E-state index contributed by atoms with van der Waals surface area (Å²) in [5.74, 6) is 0. The second-order valence-electron chi connectivity index (χ2n) is 5.42. The first-order valence-corrected chi connectivity index (χ1v) is 7.38. The van der Waals surface area contributed by atoms with E-state index < -0.39 is 32.8 Å². The lowest BCUT2D eigenvalue weighted by molar-refractivity contribution is 0.0293. The van der Waals surface area contributed by atoms with Gasteiger partial charge in [0.1, 0.15) is 5.60 Å². The maximum absolute atomic E-state index is 11.7. The van der Waals surface area contributed by atoms with Gasteiger partial charge in [0, 0.05) is 25.4 Å². The van der Waals surface area contributed by atoms with E-state index in [-0.39, 0.29) is 13.1 Å². The first-order valence-electron chi connectivity index (χ1n) is 5.43. The zero-order chi connectivity index (χ0) is 13.4. The lowest BCUT2D eigenvalue weighted by atomic mass is 10.2. The topological polar surface area (TPSA) is 89.7 Å². The first kappa shape index (κ1) is 14.2. The van der Waals surface area contributed by atoms with Crippen LogP contribution in [0.4, 0.5) is 4.79 Å². The van der Waals surface area contributed by atoms with Crippen molar-refractivity contribution in [2.45, 2.75) is 37.7 Å². The standard InChI is InChI=1S/C10H20N2O4S/c1-10(2,3)16-9(13)12-5-7(11)8(6-12)17(4,14)15/h7-8H,5-6,11H2,1-4H3. The minimum atomic E-state index is -3.24. The van der Waals surface area contributed by atoms with Crippen molar-refractivity contribution in [1.29, 1.82) is 0 Å². The van der Waals surface area contributed by atoms with Crippen molar-refractivity contribution in [2.75, 3.05) is 19.3 Å². The van der Waals surface area contributed by atoms with Crippen molar-refractivity contribution >= 4 is 15.9 Å². The number of likely N-dealkylation sites (tertiary alicyclic amines) is 1. The summed E-state index contributed by atoms with van der Waals surface area (Å²) in [4.78, 5) is 13.1. The zero-order valence-corrected chi connectivity index (χ0v) is 11.5. The predicted molar refractivity (Wildman–Crippen MR) is 64.4 cm³/mol. The molecule has 0 bridgehead atoms. The smallest absolute Gasteiger partial charge is 0.410 e. The largest absolute Gasteiger partial charge is 0.444 e. The molecule has 2 N–H and O–H groups in total. The molecule has 0 aromatic rings. The predicted octanol–water partition coefficient (Wildman–Crippen LogP) is -0.0224. The molecule has 100 valence electrons. The Labute approximate surface area is 102 Å². The van der Waals surface area contributed by atoms with E-state index in [4.69, 9.17) is 10.5 Å². The summed E-state index contributed by atoms with van der Waals surface area (Å²) in [7, 11) is -3.24. The van der Waals surface area contributed by atoms with Gasteiger partial charge in [-0.25, -0.2) is 13.2 Å². The van der Waals surface area contributed by atoms with Gasteiger partial charge in [-0.1, -0.05) is 0 Å². The molecule has 1 rings (SSSR count). The van der Waals surface area contributed by atoms with E-state index in [0.717, 1.165) is 6.26 Å². The van der Waals surface area contributed by atoms with Crippen LogP contribution < -0.4 is 5.73 Å². The van der Waals surface area contributed by atoms with Crippen LogP contribution in [0.25, 0.3) is 0 Å². The summed E-state index contributed by atoms with van der Waals surface area (Å²) in [6, 6.07) is -0.544. The number of nitrogens with two attached hydrogens (primary N) is 1. The van der Waals surface area contributed by atoms with Crippen molar-refractivity contribution in [3.8, 4) is 0 Å². The fraction of sp³-hybridized carbons (Fsp3) is 0.900. The SMILES string of the molecule is CC(C)(C)OC(=O)N1CC(N)C(S(C)(=O)=O)C1. The van der Waals surface area contributed by atoms with Crippen LogP contribution in [0, 0.1) is 0 Å². The van der Waals surface area contributed by atoms with Gasteiger partial charge in [-0.3, -0.25) is 0 Å². The van der Waals surface area contributed by atoms with Gasteiger partial charge in [-0.2, -0.15) is 0 Å². The summed E-state index contributed by atoms with van der Waals surface area (Å²) in [6.45, 7) is 5.60. The van der Waals surface area contributed by atoms with Crippen LogP contribution in [0.15, 0.2) is 0 Å². The monoisotopic (exact) mass is 264 g/mol. The third-order valence-corrected chi connectivity index (χ3v) is 4.11. The highest BCUT2D eigenvalue weighted by molar-refractivity contribution is 7.91. The van der Waals surface area contributed by atoms with Gasteiger partial charge >= 0.3 is 6.09 Å². The summed E-state index contributed by atoms with van der Waals surface area (Å²) >= 11 is 0. The molecular formula is C10H20N2O4S. The minimum Gasteiger partial charge on any atom is -0.444 e. The average Bonchev–Trinajstić information content (AvgIpc) is 2.42. The zero-order valence-electron chi connectivity index (χ0n) is 10.6. The fourth-order valence-corrected chi connectivity index (χ4v) is 2.90. The Morgan fingerprint density at radius 2 is 1.88 bits per heavy atom. The van der Waals surface area contributed by atoms with Crippen molar-refractivity contribution in [3.05, 3.63) is 0 Å². The van der Waals surface area contributed by atoms with Crippen LogP contribution in [0.1, 0.15) is 20.8 Å². The van der Waals surface area contributed by atoms with E-state index in [1.807, 2.05) is 0 Å². The Kier molecular flexibility index (Phi) is 3.73. The number of hydrogen-bond acceptors (Lipinski definition) is 5. The lowest BCUT2D eigenvalue weighted by Gasteiger charge is -2.24. The first-order chi connectivity index (χ1) is 7.50. The lowest BCUT2D eigenvalue weighted by Crippen LogP contribution is -2.38. The van der Waals surface area contributed by atoms with Gasteiger partial charge in [0.15, 0.2) is 9.84 Å². The molecule has 2 atom stereocenters. The molecule has 1 aliphatic heterocycles. The quantitative estimate of drug-likeness (QED) is 0.718. The van der Waals surface area contributed by atoms with Crippen molar-refractivity contribution in [3.63, 3.8) is 0 Å². The van der Waals surface area contributed by atoms with Crippen LogP contribution in [0.3, 0.4) is 0 Å². The van der Waals surface area contributed by atoms with Crippen LogP contribution in [-0.4, -0.2) is 55.6 Å². The third-order valence-electron chi connectivity index (χ3n) is 2.51. The Hall–Kier alpha value is -0.820. The molecule has 6 nitrogen and oxygen atoms in total. The van der Waals surface area contributed by atoms with Gasteiger partial charge in [0.2, 0.25) is 0 Å².